The molecule has 0 fully saturated rings. The highest BCUT2D eigenvalue weighted by molar-refractivity contribution is 7.90. The second-order valence-corrected chi connectivity index (χ2v) is 7.28. The minimum absolute atomic E-state index is 0.0849. The van der Waals surface area contributed by atoms with Gasteiger partial charge in [0.05, 0.1) is 5.75 Å². The summed E-state index contributed by atoms with van der Waals surface area (Å²) in [6, 6.07) is 5.57. The summed E-state index contributed by atoms with van der Waals surface area (Å²) in [5.41, 5.74) is 2.08. The smallest absolute Gasteiger partial charge is 0.148 e. The van der Waals surface area contributed by atoms with Gasteiger partial charge >= 0.3 is 0 Å². The molecule has 2 unspecified atom stereocenters. The Balaban J connectivity index is 2.08. The largest absolute Gasteiger partial charge is 0.508 e. The molecule has 1 aromatic rings. The second-order valence-electron chi connectivity index (χ2n) is 5.10. The molecule has 1 aliphatic rings. The lowest BCUT2D eigenvalue weighted by atomic mass is 10.1. The number of rotatable bonds is 4. The van der Waals surface area contributed by atoms with Crippen LogP contribution in [0.2, 0.25) is 0 Å². The normalized spacial score (nSPS) is 20.7. The highest BCUT2D eigenvalue weighted by Gasteiger charge is 2.26. The van der Waals surface area contributed by atoms with Gasteiger partial charge in [-0.3, -0.25) is 0 Å². The van der Waals surface area contributed by atoms with Crippen LogP contribution in [0, 0.1) is 0 Å². The molecule has 0 bridgehead atoms. The van der Waals surface area contributed by atoms with E-state index in [-0.39, 0.29) is 17.8 Å². The minimum Gasteiger partial charge on any atom is -0.508 e. The number of sulfone groups is 1. The topological polar surface area (TPSA) is 66.4 Å². The van der Waals surface area contributed by atoms with Crippen LogP contribution in [-0.2, 0) is 16.3 Å². The van der Waals surface area contributed by atoms with E-state index < -0.39 is 9.84 Å². The van der Waals surface area contributed by atoms with Gasteiger partial charge in [-0.2, -0.15) is 0 Å². The highest BCUT2D eigenvalue weighted by Crippen LogP contribution is 2.36. The Morgan fingerprint density at radius 3 is 2.89 bits per heavy atom. The molecular weight excluding hydrogens is 250 g/mol. The first-order valence-electron chi connectivity index (χ1n) is 6.11. The van der Waals surface area contributed by atoms with Crippen LogP contribution in [0.1, 0.15) is 30.5 Å². The molecule has 2 N–H and O–H groups in total. The van der Waals surface area contributed by atoms with E-state index in [1.165, 1.54) is 6.26 Å². The number of aromatic hydroxyl groups is 1. The second kappa shape index (κ2) is 4.90. The van der Waals surface area contributed by atoms with Crippen LogP contribution in [-0.4, -0.2) is 31.6 Å². The van der Waals surface area contributed by atoms with Crippen molar-refractivity contribution in [2.45, 2.75) is 31.8 Å². The molecule has 100 valence electrons. The number of fused-ring (bicyclic) bond motifs is 1. The van der Waals surface area contributed by atoms with Crippen molar-refractivity contribution in [3.63, 3.8) is 0 Å². The zero-order valence-corrected chi connectivity index (χ0v) is 11.5. The summed E-state index contributed by atoms with van der Waals surface area (Å²) in [4.78, 5) is 0. The molecule has 2 rings (SSSR count). The monoisotopic (exact) mass is 269 g/mol. The summed E-state index contributed by atoms with van der Waals surface area (Å²) in [6.45, 7) is 1.88. The SMILES string of the molecule is CC(CS(C)(=O)=O)NC1CCc2c(O)cccc21. The summed E-state index contributed by atoms with van der Waals surface area (Å²) in [7, 11) is -2.96. The number of phenolic OH excluding ortho intramolecular Hbond substituents is 1. The Morgan fingerprint density at radius 2 is 2.22 bits per heavy atom. The van der Waals surface area contributed by atoms with Crippen molar-refractivity contribution >= 4 is 9.84 Å². The van der Waals surface area contributed by atoms with Crippen molar-refractivity contribution in [3.8, 4) is 5.75 Å². The summed E-state index contributed by atoms with van der Waals surface area (Å²) < 4.78 is 22.5. The number of nitrogens with one attached hydrogen (secondary N) is 1. The van der Waals surface area contributed by atoms with Crippen LogP contribution in [0.3, 0.4) is 0 Å². The third kappa shape index (κ3) is 3.03. The van der Waals surface area contributed by atoms with E-state index in [9.17, 15) is 13.5 Å². The van der Waals surface area contributed by atoms with E-state index in [2.05, 4.69) is 5.32 Å². The van der Waals surface area contributed by atoms with Gasteiger partial charge in [0.1, 0.15) is 15.6 Å². The predicted molar refractivity (Wildman–Crippen MR) is 71.5 cm³/mol. The zero-order chi connectivity index (χ0) is 13.3. The molecule has 5 heteroatoms. The lowest BCUT2D eigenvalue weighted by molar-refractivity contribution is 0.469. The number of hydrogen-bond donors (Lipinski definition) is 2. The Hall–Kier alpha value is -1.07. The maximum Gasteiger partial charge on any atom is 0.148 e. The molecule has 4 nitrogen and oxygen atoms in total. The van der Waals surface area contributed by atoms with Gasteiger partial charge in [-0.25, -0.2) is 8.42 Å². The van der Waals surface area contributed by atoms with Gasteiger partial charge in [-0.15, -0.1) is 0 Å². The Kier molecular flexibility index (Phi) is 3.64. The maximum absolute atomic E-state index is 11.2. The van der Waals surface area contributed by atoms with Crippen LogP contribution in [0.5, 0.6) is 5.75 Å². The average molecular weight is 269 g/mol. The maximum atomic E-state index is 11.2. The molecule has 0 amide bonds. The van der Waals surface area contributed by atoms with Crippen LogP contribution in [0.15, 0.2) is 18.2 Å². The van der Waals surface area contributed by atoms with E-state index in [4.69, 9.17) is 0 Å². The Bertz CT molecular complexity index is 539. The summed E-state index contributed by atoms with van der Waals surface area (Å²) in [5, 5.41) is 13.1. The van der Waals surface area contributed by atoms with Crippen LogP contribution in [0.4, 0.5) is 0 Å². The lowest BCUT2D eigenvalue weighted by Gasteiger charge is -2.19. The first-order chi connectivity index (χ1) is 8.37. The van der Waals surface area contributed by atoms with Crippen molar-refractivity contribution in [2.75, 3.05) is 12.0 Å². The number of hydrogen-bond acceptors (Lipinski definition) is 4. The van der Waals surface area contributed by atoms with Gasteiger partial charge < -0.3 is 10.4 Å². The molecule has 1 aliphatic carbocycles. The molecular formula is C13H19NO3S. The summed E-state index contributed by atoms with van der Waals surface area (Å²) in [5.74, 6) is 0.477. The van der Waals surface area contributed by atoms with Crippen molar-refractivity contribution < 1.29 is 13.5 Å². The van der Waals surface area contributed by atoms with Crippen molar-refractivity contribution in [2.24, 2.45) is 0 Å². The fourth-order valence-corrected chi connectivity index (χ4v) is 3.66. The highest BCUT2D eigenvalue weighted by atomic mass is 32.2. The lowest BCUT2D eigenvalue weighted by Crippen LogP contribution is -2.34. The van der Waals surface area contributed by atoms with Gasteiger partial charge in [0.2, 0.25) is 0 Å². The van der Waals surface area contributed by atoms with Gasteiger partial charge in [0.15, 0.2) is 0 Å². The molecule has 0 saturated carbocycles. The summed E-state index contributed by atoms with van der Waals surface area (Å²) >= 11 is 0. The van der Waals surface area contributed by atoms with Crippen LogP contribution >= 0.6 is 0 Å². The fraction of sp³-hybridized carbons (Fsp3) is 0.538. The molecule has 18 heavy (non-hydrogen) atoms. The van der Waals surface area contributed by atoms with Gasteiger partial charge in [-0.05, 0) is 37.0 Å². The van der Waals surface area contributed by atoms with E-state index in [1.807, 2.05) is 19.1 Å². The zero-order valence-electron chi connectivity index (χ0n) is 10.7. The molecule has 0 aliphatic heterocycles. The standard InChI is InChI=1S/C13H19NO3S/c1-9(8-18(2,16)17)14-12-7-6-11-10(12)4-3-5-13(11)15/h3-5,9,12,14-15H,6-8H2,1-2H3. The third-order valence-corrected chi connectivity index (χ3v) is 4.39. The number of benzene rings is 1. The molecule has 0 saturated heterocycles. The van der Waals surface area contributed by atoms with E-state index in [1.54, 1.807) is 6.07 Å². The van der Waals surface area contributed by atoms with Gasteiger partial charge in [0.25, 0.3) is 0 Å². The fourth-order valence-electron chi connectivity index (χ4n) is 2.65. The van der Waals surface area contributed by atoms with Crippen molar-refractivity contribution in [1.29, 1.82) is 0 Å². The average Bonchev–Trinajstić information content (AvgIpc) is 2.60. The van der Waals surface area contributed by atoms with Gasteiger partial charge in [0, 0.05) is 18.3 Å². The van der Waals surface area contributed by atoms with Gasteiger partial charge in [-0.1, -0.05) is 12.1 Å². The molecule has 0 spiro atoms. The van der Waals surface area contributed by atoms with Crippen molar-refractivity contribution in [3.05, 3.63) is 29.3 Å². The quantitative estimate of drug-likeness (QED) is 0.867. The molecule has 1 aromatic carbocycles. The number of phenols is 1. The van der Waals surface area contributed by atoms with E-state index in [0.717, 1.165) is 24.0 Å². The minimum atomic E-state index is -2.96. The Morgan fingerprint density at radius 1 is 1.50 bits per heavy atom. The molecule has 0 radical (unpaired) electrons. The van der Waals surface area contributed by atoms with E-state index in [0.29, 0.717) is 5.75 Å². The molecule has 2 atom stereocenters. The van der Waals surface area contributed by atoms with Crippen molar-refractivity contribution in [1.82, 2.24) is 5.32 Å². The van der Waals surface area contributed by atoms with Crippen LogP contribution < -0.4 is 5.32 Å². The predicted octanol–water partition coefficient (Wildman–Crippen LogP) is 1.40. The van der Waals surface area contributed by atoms with E-state index >= 15 is 0 Å². The molecule has 0 aromatic heterocycles. The Labute approximate surface area is 108 Å². The first-order valence-corrected chi connectivity index (χ1v) is 8.17. The van der Waals surface area contributed by atoms with Crippen LogP contribution in [0.25, 0.3) is 0 Å². The first kappa shape index (κ1) is 13.4. The molecule has 0 heterocycles. The summed E-state index contributed by atoms with van der Waals surface area (Å²) in [6.07, 6.45) is 2.99. The third-order valence-electron chi connectivity index (χ3n) is 3.28.